The lowest BCUT2D eigenvalue weighted by Gasteiger charge is -2.49. The van der Waals surface area contributed by atoms with Crippen LogP contribution >= 0.6 is 0 Å². The Labute approximate surface area is 122 Å². The van der Waals surface area contributed by atoms with Gasteiger partial charge < -0.3 is 10.1 Å². The standard InChI is InChI=1S/C17H26N2O/c1-13(2)19-10-17(3,11-19)12-20-15-6-7-16-14(9-15)5-4-8-18-16/h6-7,9,13,18H,4-5,8,10-12H2,1-3H3. The maximum atomic E-state index is 6.05. The highest BCUT2D eigenvalue weighted by Gasteiger charge is 2.40. The van der Waals surface area contributed by atoms with Gasteiger partial charge in [-0.3, -0.25) is 4.90 Å². The second kappa shape index (κ2) is 5.28. The van der Waals surface area contributed by atoms with Gasteiger partial charge in [0, 0.05) is 36.8 Å². The fourth-order valence-electron chi connectivity index (χ4n) is 3.19. The summed E-state index contributed by atoms with van der Waals surface area (Å²) in [6, 6.07) is 7.12. The van der Waals surface area contributed by atoms with Crippen LogP contribution in [-0.2, 0) is 6.42 Å². The fourth-order valence-corrected chi connectivity index (χ4v) is 3.19. The molecule has 1 saturated heterocycles. The fraction of sp³-hybridized carbons (Fsp3) is 0.647. The topological polar surface area (TPSA) is 24.5 Å². The molecule has 110 valence electrons. The molecule has 0 aliphatic carbocycles. The minimum Gasteiger partial charge on any atom is -0.493 e. The average Bonchev–Trinajstić information content (AvgIpc) is 2.41. The predicted octanol–water partition coefficient (Wildman–Crippen LogP) is 3.15. The zero-order valence-corrected chi connectivity index (χ0v) is 12.9. The van der Waals surface area contributed by atoms with Crippen molar-refractivity contribution in [1.29, 1.82) is 0 Å². The van der Waals surface area contributed by atoms with Crippen molar-refractivity contribution in [3.8, 4) is 5.75 Å². The molecule has 0 radical (unpaired) electrons. The third kappa shape index (κ3) is 2.78. The van der Waals surface area contributed by atoms with E-state index in [1.165, 1.54) is 17.7 Å². The van der Waals surface area contributed by atoms with Crippen molar-refractivity contribution < 1.29 is 4.74 Å². The van der Waals surface area contributed by atoms with Crippen molar-refractivity contribution in [2.75, 3.05) is 31.6 Å². The highest BCUT2D eigenvalue weighted by molar-refractivity contribution is 5.55. The number of aryl methyl sites for hydroxylation is 1. The first-order valence-electron chi connectivity index (χ1n) is 7.79. The number of anilines is 1. The molecule has 0 atom stereocenters. The van der Waals surface area contributed by atoms with Crippen LogP contribution < -0.4 is 10.1 Å². The molecule has 20 heavy (non-hydrogen) atoms. The van der Waals surface area contributed by atoms with Crippen molar-refractivity contribution in [3.05, 3.63) is 23.8 Å². The molecule has 1 N–H and O–H groups in total. The van der Waals surface area contributed by atoms with Crippen LogP contribution in [0.1, 0.15) is 32.8 Å². The van der Waals surface area contributed by atoms with E-state index in [4.69, 9.17) is 4.74 Å². The van der Waals surface area contributed by atoms with E-state index in [1.54, 1.807) is 0 Å². The molecular weight excluding hydrogens is 248 g/mol. The number of fused-ring (bicyclic) bond motifs is 1. The number of likely N-dealkylation sites (tertiary alicyclic amines) is 1. The van der Waals surface area contributed by atoms with Gasteiger partial charge in [-0.2, -0.15) is 0 Å². The second-order valence-electron chi connectivity index (χ2n) is 6.95. The van der Waals surface area contributed by atoms with E-state index in [1.807, 2.05) is 0 Å². The summed E-state index contributed by atoms with van der Waals surface area (Å²) in [6.45, 7) is 11.1. The van der Waals surface area contributed by atoms with Gasteiger partial charge >= 0.3 is 0 Å². The summed E-state index contributed by atoms with van der Waals surface area (Å²) in [5.74, 6) is 1.02. The van der Waals surface area contributed by atoms with Crippen LogP contribution in [0.3, 0.4) is 0 Å². The molecule has 2 aliphatic rings. The highest BCUT2D eigenvalue weighted by atomic mass is 16.5. The molecule has 0 aromatic heterocycles. The normalized spacial score (nSPS) is 21.0. The molecule has 1 fully saturated rings. The minimum atomic E-state index is 0.318. The molecule has 1 aromatic rings. The van der Waals surface area contributed by atoms with E-state index >= 15 is 0 Å². The average molecular weight is 274 g/mol. The van der Waals surface area contributed by atoms with Crippen LogP contribution in [0.2, 0.25) is 0 Å². The summed E-state index contributed by atoms with van der Waals surface area (Å²) in [5.41, 5.74) is 3.00. The van der Waals surface area contributed by atoms with Crippen LogP contribution in [0.4, 0.5) is 5.69 Å². The number of ether oxygens (including phenoxy) is 1. The smallest absolute Gasteiger partial charge is 0.119 e. The van der Waals surface area contributed by atoms with E-state index in [0.717, 1.165) is 38.4 Å². The van der Waals surface area contributed by atoms with Gasteiger partial charge in [-0.25, -0.2) is 0 Å². The largest absolute Gasteiger partial charge is 0.493 e. The predicted molar refractivity (Wildman–Crippen MR) is 83.6 cm³/mol. The van der Waals surface area contributed by atoms with Gasteiger partial charge in [0.25, 0.3) is 0 Å². The number of rotatable bonds is 4. The molecule has 0 amide bonds. The Morgan fingerprint density at radius 1 is 1.35 bits per heavy atom. The van der Waals surface area contributed by atoms with Crippen molar-refractivity contribution in [2.24, 2.45) is 5.41 Å². The molecule has 0 bridgehead atoms. The van der Waals surface area contributed by atoms with Crippen LogP contribution in [0, 0.1) is 5.41 Å². The molecule has 3 heteroatoms. The number of nitrogens with one attached hydrogen (secondary N) is 1. The van der Waals surface area contributed by atoms with E-state index < -0.39 is 0 Å². The first-order chi connectivity index (χ1) is 9.56. The Morgan fingerprint density at radius 3 is 2.90 bits per heavy atom. The van der Waals surface area contributed by atoms with Crippen molar-refractivity contribution in [3.63, 3.8) is 0 Å². The maximum absolute atomic E-state index is 6.05. The molecule has 2 heterocycles. The van der Waals surface area contributed by atoms with Crippen LogP contribution in [0.15, 0.2) is 18.2 Å². The lowest BCUT2D eigenvalue weighted by Crippen LogP contribution is -2.59. The van der Waals surface area contributed by atoms with Gasteiger partial charge in [0.1, 0.15) is 5.75 Å². The Bertz CT molecular complexity index is 478. The monoisotopic (exact) mass is 274 g/mol. The zero-order chi connectivity index (χ0) is 14.2. The molecule has 0 saturated carbocycles. The number of benzene rings is 1. The highest BCUT2D eigenvalue weighted by Crippen LogP contribution is 2.33. The lowest BCUT2D eigenvalue weighted by atomic mass is 9.82. The van der Waals surface area contributed by atoms with Crippen molar-refractivity contribution in [1.82, 2.24) is 4.90 Å². The number of nitrogens with zero attached hydrogens (tertiary/aromatic N) is 1. The second-order valence-corrected chi connectivity index (χ2v) is 6.95. The van der Waals surface area contributed by atoms with Crippen LogP contribution in [0.5, 0.6) is 5.75 Å². The Morgan fingerprint density at radius 2 is 2.15 bits per heavy atom. The quantitative estimate of drug-likeness (QED) is 0.913. The summed E-state index contributed by atoms with van der Waals surface area (Å²) >= 11 is 0. The van der Waals surface area contributed by atoms with E-state index in [9.17, 15) is 0 Å². The molecule has 0 unspecified atom stereocenters. The van der Waals surface area contributed by atoms with Crippen molar-refractivity contribution >= 4 is 5.69 Å². The van der Waals surface area contributed by atoms with Gasteiger partial charge in [-0.1, -0.05) is 6.92 Å². The summed E-state index contributed by atoms with van der Waals surface area (Å²) in [4.78, 5) is 2.50. The summed E-state index contributed by atoms with van der Waals surface area (Å²) < 4.78 is 6.05. The Balaban J connectivity index is 1.57. The van der Waals surface area contributed by atoms with Gasteiger partial charge in [0.2, 0.25) is 0 Å². The third-order valence-corrected chi connectivity index (χ3v) is 4.50. The maximum Gasteiger partial charge on any atom is 0.119 e. The molecule has 2 aliphatic heterocycles. The molecule has 3 nitrogen and oxygen atoms in total. The van der Waals surface area contributed by atoms with Gasteiger partial charge in [0.05, 0.1) is 6.61 Å². The Kier molecular flexibility index (Phi) is 3.63. The summed E-state index contributed by atoms with van der Waals surface area (Å²) in [5, 5.41) is 3.44. The molecular formula is C17H26N2O. The number of hydrogen-bond donors (Lipinski definition) is 1. The molecule has 3 rings (SSSR count). The van der Waals surface area contributed by atoms with E-state index in [2.05, 4.69) is 49.2 Å². The van der Waals surface area contributed by atoms with Crippen LogP contribution in [0.25, 0.3) is 0 Å². The SMILES string of the molecule is CC(C)N1CC(C)(COc2ccc3c(c2)CCCN3)C1. The first kappa shape index (κ1) is 13.7. The van der Waals surface area contributed by atoms with E-state index in [0.29, 0.717) is 11.5 Å². The summed E-state index contributed by atoms with van der Waals surface area (Å²) in [7, 11) is 0. The Hall–Kier alpha value is -1.22. The van der Waals surface area contributed by atoms with Crippen LogP contribution in [-0.4, -0.2) is 37.2 Å². The molecule has 1 aromatic carbocycles. The number of hydrogen-bond acceptors (Lipinski definition) is 3. The van der Waals surface area contributed by atoms with Gasteiger partial charge in [-0.05, 0) is 50.5 Å². The summed E-state index contributed by atoms with van der Waals surface area (Å²) in [6.07, 6.45) is 2.38. The minimum absolute atomic E-state index is 0.318. The van der Waals surface area contributed by atoms with Crippen molar-refractivity contribution in [2.45, 2.75) is 39.7 Å². The van der Waals surface area contributed by atoms with E-state index in [-0.39, 0.29) is 0 Å². The van der Waals surface area contributed by atoms with Gasteiger partial charge in [-0.15, -0.1) is 0 Å². The third-order valence-electron chi connectivity index (χ3n) is 4.50. The zero-order valence-electron chi connectivity index (χ0n) is 12.9. The van der Waals surface area contributed by atoms with Gasteiger partial charge in [0.15, 0.2) is 0 Å². The first-order valence-corrected chi connectivity index (χ1v) is 7.79. The lowest BCUT2D eigenvalue weighted by molar-refractivity contribution is -0.0376. The molecule has 0 spiro atoms.